The molecule has 0 aromatic carbocycles. The first-order valence-electron chi connectivity index (χ1n) is 5.11. The number of unbranched alkanes of at least 4 members (excludes halogenated alkanes) is 1. The Hall–Kier alpha value is -0.800. The van der Waals surface area contributed by atoms with Gasteiger partial charge in [0.15, 0.2) is 0 Å². The molecule has 4 nitrogen and oxygen atoms in total. The fourth-order valence-electron chi connectivity index (χ4n) is 1.20. The Morgan fingerprint density at radius 1 is 1.33 bits per heavy atom. The predicted octanol–water partition coefficient (Wildman–Crippen LogP) is 2.34. The maximum absolute atomic E-state index is 11.8. The van der Waals surface area contributed by atoms with Crippen LogP contribution >= 0.6 is 11.3 Å². The smallest absolute Gasteiger partial charge is 0.389 e. The van der Waals surface area contributed by atoms with E-state index in [0.717, 1.165) is 11.3 Å². The van der Waals surface area contributed by atoms with Crippen molar-refractivity contribution in [2.24, 2.45) is 0 Å². The summed E-state index contributed by atoms with van der Waals surface area (Å²) in [5, 5.41) is 1.48. The molecule has 18 heavy (non-hydrogen) atoms. The van der Waals surface area contributed by atoms with E-state index in [2.05, 4.69) is 4.72 Å². The second kappa shape index (κ2) is 5.89. The van der Waals surface area contributed by atoms with Gasteiger partial charge in [0, 0.05) is 24.0 Å². The van der Waals surface area contributed by atoms with Crippen molar-refractivity contribution in [1.29, 1.82) is 0 Å². The Labute approximate surface area is 107 Å². The van der Waals surface area contributed by atoms with Crippen LogP contribution < -0.4 is 10.5 Å². The first kappa shape index (κ1) is 15.3. The molecule has 1 aromatic rings. The molecule has 0 bridgehead atoms. The van der Waals surface area contributed by atoms with Crippen LogP contribution in [0.15, 0.2) is 15.7 Å². The summed E-state index contributed by atoms with van der Waals surface area (Å²) in [6.07, 6.45) is -5.06. The van der Waals surface area contributed by atoms with E-state index in [1.54, 1.807) is 0 Å². The standard InChI is InChI=1S/C9H13F3N2O2S2/c10-9(11,12)3-1-2-4-14-18(15,16)8-5-7(13)6-17-8/h5-6,14H,1-4,13H2. The Balaban J connectivity index is 2.35. The van der Waals surface area contributed by atoms with Crippen molar-refractivity contribution in [1.82, 2.24) is 4.72 Å². The molecule has 0 unspecified atom stereocenters. The first-order chi connectivity index (χ1) is 8.21. The molecule has 0 saturated heterocycles. The van der Waals surface area contributed by atoms with E-state index in [4.69, 9.17) is 5.73 Å². The van der Waals surface area contributed by atoms with Crippen LogP contribution in [0.5, 0.6) is 0 Å². The van der Waals surface area contributed by atoms with Gasteiger partial charge in [-0.25, -0.2) is 13.1 Å². The van der Waals surface area contributed by atoms with Crippen LogP contribution in [0.1, 0.15) is 19.3 Å². The SMILES string of the molecule is Nc1csc(S(=O)(=O)NCCCCC(F)(F)F)c1. The first-order valence-corrected chi connectivity index (χ1v) is 7.47. The quantitative estimate of drug-likeness (QED) is 0.792. The van der Waals surface area contributed by atoms with Gasteiger partial charge in [0.1, 0.15) is 4.21 Å². The lowest BCUT2D eigenvalue weighted by atomic mass is 10.2. The summed E-state index contributed by atoms with van der Waals surface area (Å²) in [4.78, 5) is 0. The summed E-state index contributed by atoms with van der Waals surface area (Å²) < 4.78 is 61.1. The number of nitrogens with one attached hydrogen (secondary N) is 1. The number of hydrogen-bond donors (Lipinski definition) is 2. The molecule has 3 N–H and O–H groups in total. The minimum atomic E-state index is -4.19. The Morgan fingerprint density at radius 2 is 2.00 bits per heavy atom. The molecule has 0 spiro atoms. The van der Waals surface area contributed by atoms with Crippen molar-refractivity contribution in [3.8, 4) is 0 Å². The second-order valence-corrected chi connectivity index (χ2v) is 6.57. The summed E-state index contributed by atoms with van der Waals surface area (Å²) in [5.74, 6) is 0. The lowest BCUT2D eigenvalue weighted by Crippen LogP contribution is -2.24. The second-order valence-electron chi connectivity index (χ2n) is 3.67. The van der Waals surface area contributed by atoms with Crippen LogP contribution in [0.3, 0.4) is 0 Å². The topological polar surface area (TPSA) is 72.2 Å². The van der Waals surface area contributed by atoms with Gasteiger partial charge in [0.25, 0.3) is 0 Å². The van der Waals surface area contributed by atoms with E-state index in [1.165, 1.54) is 11.4 Å². The van der Waals surface area contributed by atoms with Crippen molar-refractivity contribution >= 4 is 27.0 Å². The van der Waals surface area contributed by atoms with E-state index in [9.17, 15) is 21.6 Å². The van der Waals surface area contributed by atoms with E-state index < -0.39 is 22.6 Å². The number of anilines is 1. The molecule has 0 amide bonds. The summed E-state index contributed by atoms with van der Waals surface area (Å²) in [7, 11) is -3.65. The van der Waals surface area contributed by atoms with Crippen LogP contribution in [-0.2, 0) is 10.0 Å². The molecule has 0 fully saturated rings. The van der Waals surface area contributed by atoms with Crippen molar-refractivity contribution in [2.75, 3.05) is 12.3 Å². The third kappa shape index (κ3) is 5.23. The number of sulfonamides is 1. The molecule has 0 atom stereocenters. The highest BCUT2D eigenvalue weighted by Gasteiger charge is 2.26. The van der Waals surface area contributed by atoms with Crippen LogP contribution in [0.2, 0.25) is 0 Å². The molecule has 0 saturated carbocycles. The molecule has 0 aliphatic rings. The molecule has 1 rings (SSSR count). The number of nitrogen functional groups attached to an aromatic ring is 1. The highest BCUT2D eigenvalue weighted by molar-refractivity contribution is 7.91. The minimum Gasteiger partial charge on any atom is -0.398 e. The van der Waals surface area contributed by atoms with Gasteiger partial charge in [-0.1, -0.05) is 0 Å². The van der Waals surface area contributed by atoms with Gasteiger partial charge in [-0.2, -0.15) is 13.2 Å². The zero-order chi connectivity index (χ0) is 13.8. The predicted molar refractivity (Wildman–Crippen MR) is 63.8 cm³/mol. The lowest BCUT2D eigenvalue weighted by molar-refractivity contribution is -0.135. The number of hydrogen-bond acceptors (Lipinski definition) is 4. The molecule has 104 valence electrons. The van der Waals surface area contributed by atoms with Gasteiger partial charge in [-0.15, -0.1) is 11.3 Å². The van der Waals surface area contributed by atoms with E-state index in [1.807, 2.05) is 0 Å². The number of thiophene rings is 1. The third-order valence-electron chi connectivity index (χ3n) is 2.04. The van der Waals surface area contributed by atoms with Crippen molar-refractivity contribution in [3.05, 3.63) is 11.4 Å². The lowest BCUT2D eigenvalue weighted by Gasteiger charge is -2.06. The number of rotatable bonds is 6. The van der Waals surface area contributed by atoms with Crippen molar-refractivity contribution < 1.29 is 21.6 Å². The van der Waals surface area contributed by atoms with Gasteiger partial charge in [-0.05, 0) is 18.9 Å². The Bertz CT molecular complexity index is 482. The normalized spacial score (nSPS) is 12.8. The largest absolute Gasteiger partial charge is 0.398 e. The van der Waals surface area contributed by atoms with Crippen molar-refractivity contribution in [3.63, 3.8) is 0 Å². The van der Waals surface area contributed by atoms with Gasteiger partial charge in [-0.3, -0.25) is 0 Å². The van der Waals surface area contributed by atoms with Crippen LogP contribution in [0.25, 0.3) is 0 Å². The number of halogens is 3. The summed E-state index contributed by atoms with van der Waals surface area (Å²) in [6.45, 7) is -0.0176. The maximum atomic E-state index is 11.8. The Kier molecular flexibility index (Phi) is 5.00. The molecule has 0 aliphatic heterocycles. The van der Waals surface area contributed by atoms with Crippen molar-refractivity contribution in [2.45, 2.75) is 29.6 Å². The molecule has 1 aromatic heterocycles. The Morgan fingerprint density at radius 3 is 2.50 bits per heavy atom. The fraction of sp³-hybridized carbons (Fsp3) is 0.556. The van der Waals surface area contributed by atoms with E-state index in [0.29, 0.717) is 5.69 Å². The number of alkyl halides is 3. The molecule has 0 aliphatic carbocycles. The van der Waals surface area contributed by atoms with E-state index >= 15 is 0 Å². The molecule has 0 radical (unpaired) electrons. The van der Waals surface area contributed by atoms with Gasteiger partial charge >= 0.3 is 6.18 Å². The summed E-state index contributed by atoms with van der Waals surface area (Å²) in [5.41, 5.74) is 5.74. The monoisotopic (exact) mass is 302 g/mol. The molecule has 9 heteroatoms. The highest BCUT2D eigenvalue weighted by atomic mass is 32.2. The third-order valence-corrected chi connectivity index (χ3v) is 4.96. The fourth-order valence-corrected chi connectivity index (χ4v) is 3.40. The zero-order valence-electron chi connectivity index (χ0n) is 9.33. The molecular weight excluding hydrogens is 289 g/mol. The van der Waals surface area contributed by atoms with Crippen LogP contribution in [-0.4, -0.2) is 21.1 Å². The summed E-state index contributed by atoms with van der Waals surface area (Å²) in [6, 6.07) is 1.31. The number of nitrogens with two attached hydrogens (primary N) is 1. The molecule has 1 heterocycles. The van der Waals surface area contributed by atoms with Gasteiger partial charge < -0.3 is 5.73 Å². The zero-order valence-corrected chi connectivity index (χ0v) is 11.0. The average Bonchev–Trinajstić information content (AvgIpc) is 2.63. The van der Waals surface area contributed by atoms with Crippen LogP contribution in [0, 0.1) is 0 Å². The highest BCUT2D eigenvalue weighted by Crippen LogP contribution is 2.23. The van der Waals surface area contributed by atoms with Gasteiger partial charge in [0.2, 0.25) is 10.0 Å². The maximum Gasteiger partial charge on any atom is 0.389 e. The molecular formula is C9H13F3N2O2S2. The average molecular weight is 302 g/mol. The van der Waals surface area contributed by atoms with Gasteiger partial charge in [0.05, 0.1) is 0 Å². The minimum absolute atomic E-state index is 0.0176. The summed E-state index contributed by atoms with van der Waals surface area (Å²) >= 11 is 0.969. The van der Waals surface area contributed by atoms with E-state index in [-0.39, 0.29) is 23.6 Å². The van der Waals surface area contributed by atoms with Crippen LogP contribution in [0.4, 0.5) is 18.9 Å².